The molecule has 8 heteroatoms. The van der Waals surface area contributed by atoms with E-state index >= 15 is 0 Å². The van der Waals surface area contributed by atoms with Crippen molar-refractivity contribution in [1.29, 1.82) is 0 Å². The molecule has 0 aliphatic heterocycles. The summed E-state index contributed by atoms with van der Waals surface area (Å²) >= 11 is 1.45. The van der Waals surface area contributed by atoms with Gasteiger partial charge in [-0.1, -0.05) is 11.8 Å². The van der Waals surface area contributed by atoms with Gasteiger partial charge in [0.05, 0.1) is 5.75 Å². The molecule has 1 fully saturated rings. The van der Waals surface area contributed by atoms with Crippen LogP contribution < -0.4 is 0 Å². The van der Waals surface area contributed by atoms with Gasteiger partial charge < -0.3 is 14.1 Å². The second kappa shape index (κ2) is 5.36. The van der Waals surface area contributed by atoms with Crippen LogP contribution in [0.4, 0.5) is 4.39 Å². The van der Waals surface area contributed by atoms with Crippen molar-refractivity contribution in [2.75, 3.05) is 0 Å². The predicted molar refractivity (Wildman–Crippen MR) is 77.7 cm³/mol. The molecular formula is C14H13FN4O2S. The van der Waals surface area contributed by atoms with Gasteiger partial charge in [-0.05, 0) is 25.0 Å². The lowest BCUT2D eigenvalue weighted by molar-refractivity contribution is 0.263. The molecule has 1 aliphatic rings. The van der Waals surface area contributed by atoms with Crippen LogP contribution >= 0.6 is 11.8 Å². The summed E-state index contributed by atoms with van der Waals surface area (Å²) in [6, 6.07) is 4.66. The van der Waals surface area contributed by atoms with Gasteiger partial charge in [-0.25, -0.2) is 9.37 Å². The highest BCUT2D eigenvalue weighted by Crippen LogP contribution is 2.39. The first-order valence-corrected chi connectivity index (χ1v) is 7.95. The van der Waals surface area contributed by atoms with Crippen molar-refractivity contribution in [2.24, 2.45) is 0 Å². The van der Waals surface area contributed by atoms with Crippen LogP contribution in [0.5, 0.6) is 0 Å². The van der Waals surface area contributed by atoms with E-state index in [4.69, 9.17) is 4.42 Å². The summed E-state index contributed by atoms with van der Waals surface area (Å²) in [5, 5.41) is 18.2. The zero-order valence-corrected chi connectivity index (χ0v) is 12.4. The molecule has 1 aromatic carbocycles. The molecule has 22 heavy (non-hydrogen) atoms. The standard InChI is InChI=1S/C14H13FN4O2S/c15-8-1-4-11-10(5-8)16-13(21-11)7-22-14-18-17-12(6-20)19(14)9-2-3-9/h1,4-5,9,20H,2-3,6-7H2. The molecule has 0 radical (unpaired) electrons. The van der Waals surface area contributed by atoms with E-state index in [0.29, 0.717) is 34.6 Å². The minimum absolute atomic E-state index is 0.119. The summed E-state index contributed by atoms with van der Waals surface area (Å²) in [5.41, 5.74) is 1.08. The van der Waals surface area contributed by atoms with Gasteiger partial charge in [0.2, 0.25) is 5.89 Å². The summed E-state index contributed by atoms with van der Waals surface area (Å²) in [7, 11) is 0. The minimum Gasteiger partial charge on any atom is -0.440 e. The van der Waals surface area contributed by atoms with Crippen LogP contribution in [0.2, 0.25) is 0 Å². The van der Waals surface area contributed by atoms with Crippen LogP contribution in [0.3, 0.4) is 0 Å². The molecule has 0 bridgehead atoms. The fourth-order valence-corrected chi connectivity index (χ4v) is 3.22. The lowest BCUT2D eigenvalue weighted by Gasteiger charge is -2.05. The third-order valence-corrected chi connectivity index (χ3v) is 4.44. The lowest BCUT2D eigenvalue weighted by Crippen LogP contribution is -2.02. The lowest BCUT2D eigenvalue weighted by atomic mass is 10.3. The fourth-order valence-electron chi connectivity index (χ4n) is 2.35. The van der Waals surface area contributed by atoms with E-state index in [9.17, 15) is 9.50 Å². The number of hydrogen-bond acceptors (Lipinski definition) is 6. The van der Waals surface area contributed by atoms with Crippen molar-refractivity contribution in [3.05, 3.63) is 35.7 Å². The van der Waals surface area contributed by atoms with Gasteiger partial charge in [-0.2, -0.15) is 0 Å². The highest BCUT2D eigenvalue weighted by atomic mass is 32.2. The number of benzene rings is 1. The van der Waals surface area contributed by atoms with Crippen LogP contribution in [-0.4, -0.2) is 24.9 Å². The highest BCUT2D eigenvalue weighted by molar-refractivity contribution is 7.98. The normalized spacial score (nSPS) is 14.8. The molecule has 0 unspecified atom stereocenters. The maximum atomic E-state index is 13.2. The molecule has 0 saturated heterocycles. The van der Waals surface area contributed by atoms with Gasteiger partial charge in [0, 0.05) is 12.1 Å². The number of halogens is 1. The molecule has 2 heterocycles. The SMILES string of the molecule is OCc1nnc(SCc2nc3cc(F)ccc3o2)n1C1CC1. The van der Waals surface area contributed by atoms with Crippen LogP contribution in [0.25, 0.3) is 11.1 Å². The Morgan fingerprint density at radius 2 is 2.23 bits per heavy atom. The van der Waals surface area contributed by atoms with E-state index in [1.165, 1.54) is 23.9 Å². The first-order chi connectivity index (χ1) is 10.7. The van der Waals surface area contributed by atoms with Crippen molar-refractivity contribution in [1.82, 2.24) is 19.7 Å². The molecule has 1 saturated carbocycles. The number of aromatic nitrogens is 4. The fraction of sp³-hybridized carbons (Fsp3) is 0.357. The molecule has 2 aromatic heterocycles. The summed E-state index contributed by atoms with van der Waals surface area (Å²) in [6.45, 7) is -0.119. The number of thioether (sulfide) groups is 1. The largest absolute Gasteiger partial charge is 0.440 e. The van der Waals surface area contributed by atoms with Gasteiger partial charge in [-0.15, -0.1) is 10.2 Å². The Morgan fingerprint density at radius 1 is 1.36 bits per heavy atom. The topological polar surface area (TPSA) is 77.0 Å². The number of aliphatic hydroxyl groups excluding tert-OH is 1. The van der Waals surface area contributed by atoms with Crippen LogP contribution in [0, 0.1) is 5.82 Å². The maximum absolute atomic E-state index is 13.2. The maximum Gasteiger partial charge on any atom is 0.205 e. The van der Waals surface area contributed by atoms with Crippen molar-refractivity contribution < 1.29 is 13.9 Å². The van der Waals surface area contributed by atoms with Gasteiger partial charge >= 0.3 is 0 Å². The number of nitrogens with zero attached hydrogens (tertiary/aromatic N) is 4. The highest BCUT2D eigenvalue weighted by Gasteiger charge is 2.29. The van der Waals surface area contributed by atoms with Crippen molar-refractivity contribution >= 4 is 22.9 Å². The molecule has 0 amide bonds. The zero-order chi connectivity index (χ0) is 15.1. The molecule has 0 spiro atoms. The van der Waals surface area contributed by atoms with Gasteiger partial charge in [0.25, 0.3) is 0 Å². The summed E-state index contributed by atoms with van der Waals surface area (Å²) < 4.78 is 20.7. The number of hydrogen-bond donors (Lipinski definition) is 1. The first kappa shape index (κ1) is 13.7. The molecule has 6 nitrogen and oxygen atoms in total. The Balaban J connectivity index is 1.55. The molecule has 0 atom stereocenters. The molecule has 114 valence electrons. The summed E-state index contributed by atoms with van der Waals surface area (Å²) in [6.07, 6.45) is 2.17. The first-order valence-electron chi connectivity index (χ1n) is 6.97. The number of fused-ring (bicyclic) bond motifs is 1. The van der Waals surface area contributed by atoms with Crippen LogP contribution in [0.1, 0.15) is 30.6 Å². The molecule has 3 aromatic rings. The third kappa shape index (κ3) is 2.48. The Kier molecular flexibility index (Phi) is 3.34. The van der Waals surface area contributed by atoms with Gasteiger partial charge in [0.1, 0.15) is 17.9 Å². The Bertz CT molecular complexity index is 827. The molecular weight excluding hydrogens is 307 g/mol. The monoisotopic (exact) mass is 320 g/mol. The Labute approximate surface area is 129 Å². The van der Waals surface area contributed by atoms with Gasteiger partial charge in [0.15, 0.2) is 16.6 Å². The van der Waals surface area contributed by atoms with Crippen molar-refractivity contribution in [3.63, 3.8) is 0 Å². The van der Waals surface area contributed by atoms with E-state index in [1.807, 2.05) is 4.57 Å². The quantitative estimate of drug-likeness (QED) is 0.728. The second-order valence-corrected chi connectivity index (χ2v) is 6.11. The number of rotatable bonds is 5. The third-order valence-electron chi connectivity index (χ3n) is 3.51. The number of oxazole rings is 1. The van der Waals surface area contributed by atoms with Crippen molar-refractivity contribution in [2.45, 2.75) is 36.4 Å². The molecule has 4 rings (SSSR count). The van der Waals surface area contributed by atoms with Gasteiger partial charge in [-0.3, -0.25) is 0 Å². The van der Waals surface area contributed by atoms with E-state index in [0.717, 1.165) is 18.0 Å². The van der Waals surface area contributed by atoms with E-state index in [-0.39, 0.29) is 12.4 Å². The second-order valence-electron chi connectivity index (χ2n) is 5.17. The summed E-state index contributed by atoms with van der Waals surface area (Å²) in [5.74, 6) is 1.25. The van der Waals surface area contributed by atoms with Crippen molar-refractivity contribution in [3.8, 4) is 0 Å². The zero-order valence-electron chi connectivity index (χ0n) is 11.6. The minimum atomic E-state index is -0.332. The molecule has 1 aliphatic carbocycles. The van der Waals surface area contributed by atoms with Crippen LogP contribution in [0.15, 0.2) is 27.8 Å². The number of aliphatic hydroxyl groups is 1. The average molecular weight is 320 g/mol. The Hall–Kier alpha value is -1.93. The van der Waals surface area contributed by atoms with E-state index in [2.05, 4.69) is 15.2 Å². The summed E-state index contributed by atoms with van der Waals surface area (Å²) in [4.78, 5) is 4.27. The Morgan fingerprint density at radius 3 is 3.00 bits per heavy atom. The van der Waals surface area contributed by atoms with Crippen LogP contribution in [-0.2, 0) is 12.4 Å². The average Bonchev–Trinajstić information content (AvgIpc) is 3.14. The van der Waals surface area contributed by atoms with E-state index < -0.39 is 0 Å². The van der Waals surface area contributed by atoms with E-state index in [1.54, 1.807) is 6.07 Å². The smallest absolute Gasteiger partial charge is 0.205 e. The molecule has 1 N–H and O–H groups in total. The predicted octanol–water partition coefficient (Wildman–Crippen LogP) is 2.68.